The maximum atomic E-state index is 12.2. The summed E-state index contributed by atoms with van der Waals surface area (Å²) in [5.74, 6) is 0.514. The van der Waals surface area contributed by atoms with Crippen molar-refractivity contribution in [3.63, 3.8) is 0 Å². The first-order valence-electron chi connectivity index (χ1n) is 9.41. The quantitative estimate of drug-likeness (QED) is 0.595. The number of carbonyl (C=O) groups is 1. The Morgan fingerprint density at radius 2 is 1.74 bits per heavy atom. The molecule has 0 radical (unpaired) electrons. The molecule has 6 nitrogen and oxygen atoms in total. The number of benzene rings is 2. The predicted octanol–water partition coefficient (Wildman–Crippen LogP) is 3.88. The molecule has 1 aliphatic heterocycles. The summed E-state index contributed by atoms with van der Waals surface area (Å²) < 4.78 is 0. The number of para-hydroxylation sites is 2. The second-order valence-corrected chi connectivity index (χ2v) is 7.05. The van der Waals surface area contributed by atoms with Crippen LogP contribution in [0.3, 0.4) is 0 Å². The maximum Gasteiger partial charge on any atom is 0.292 e. The van der Waals surface area contributed by atoms with E-state index in [1.807, 2.05) is 6.07 Å². The molecule has 2 aromatic rings. The van der Waals surface area contributed by atoms with Crippen molar-refractivity contribution in [3.8, 4) is 0 Å². The van der Waals surface area contributed by atoms with Crippen LogP contribution in [0.4, 0.5) is 11.4 Å². The van der Waals surface area contributed by atoms with Gasteiger partial charge in [-0.15, -0.1) is 0 Å². The van der Waals surface area contributed by atoms with Gasteiger partial charge in [0, 0.05) is 19.0 Å². The summed E-state index contributed by atoms with van der Waals surface area (Å²) in [7, 11) is 0. The number of nitrogens with zero attached hydrogens (tertiary/aromatic N) is 2. The lowest BCUT2D eigenvalue weighted by Crippen LogP contribution is -2.36. The number of likely N-dealkylation sites (tertiary alicyclic amines) is 1. The smallest absolute Gasteiger partial charge is 0.292 e. The zero-order valence-corrected chi connectivity index (χ0v) is 15.3. The Hall–Kier alpha value is -2.73. The Morgan fingerprint density at radius 1 is 1.07 bits per heavy atom. The van der Waals surface area contributed by atoms with E-state index in [1.165, 1.54) is 11.6 Å². The van der Waals surface area contributed by atoms with E-state index in [1.54, 1.807) is 18.2 Å². The first-order valence-corrected chi connectivity index (χ1v) is 9.41. The largest absolute Gasteiger partial charge is 0.320 e. The van der Waals surface area contributed by atoms with Gasteiger partial charge in [0.05, 0.1) is 4.92 Å². The molecule has 0 saturated carbocycles. The third-order valence-corrected chi connectivity index (χ3v) is 5.10. The number of nitro benzene ring substituents is 1. The molecule has 1 aliphatic rings. The van der Waals surface area contributed by atoms with E-state index in [-0.39, 0.29) is 17.3 Å². The molecule has 3 rings (SSSR count). The SMILES string of the molecule is O=C(CCN1CCC(Cc2ccccc2)CC1)Nc1ccccc1[N+](=O)[O-]. The Kier molecular flexibility index (Phi) is 6.54. The second kappa shape index (κ2) is 9.28. The van der Waals surface area contributed by atoms with Crippen molar-refractivity contribution in [3.05, 3.63) is 70.3 Å². The average Bonchev–Trinajstić information content (AvgIpc) is 2.68. The molecular weight excluding hydrogens is 342 g/mol. The summed E-state index contributed by atoms with van der Waals surface area (Å²) in [5, 5.41) is 13.7. The number of amides is 1. The normalized spacial score (nSPS) is 15.4. The molecule has 6 heteroatoms. The summed E-state index contributed by atoms with van der Waals surface area (Å²) in [4.78, 5) is 25.0. The minimum Gasteiger partial charge on any atom is -0.320 e. The summed E-state index contributed by atoms with van der Waals surface area (Å²) in [6.45, 7) is 2.68. The van der Waals surface area contributed by atoms with E-state index in [4.69, 9.17) is 0 Å². The van der Waals surface area contributed by atoms with Gasteiger partial charge in [0.15, 0.2) is 0 Å². The van der Waals surface area contributed by atoms with Crippen LogP contribution >= 0.6 is 0 Å². The standard InChI is InChI=1S/C21H25N3O3/c25-21(22-19-8-4-5-9-20(19)24(26)27)12-15-23-13-10-18(11-14-23)16-17-6-2-1-3-7-17/h1-9,18H,10-16H2,(H,22,25). The Morgan fingerprint density at radius 3 is 2.44 bits per heavy atom. The lowest BCUT2D eigenvalue weighted by molar-refractivity contribution is -0.383. The van der Waals surface area contributed by atoms with E-state index in [0.29, 0.717) is 18.9 Å². The molecule has 27 heavy (non-hydrogen) atoms. The highest BCUT2D eigenvalue weighted by Crippen LogP contribution is 2.24. The predicted molar refractivity (Wildman–Crippen MR) is 106 cm³/mol. The molecule has 1 amide bonds. The molecule has 0 aliphatic carbocycles. The van der Waals surface area contributed by atoms with Gasteiger partial charge in [0.1, 0.15) is 5.69 Å². The van der Waals surface area contributed by atoms with Gasteiger partial charge < -0.3 is 10.2 Å². The second-order valence-electron chi connectivity index (χ2n) is 7.05. The summed E-state index contributed by atoms with van der Waals surface area (Å²) in [5.41, 5.74) is 1.57. The van der Waals surface area contributed by atoms with Gasteiger partial charge in [-0.05, 0) is 49.9 Å². The third kappa shape index (κ3) is 5.62. The molecule has 0 unspecified atom stereocenters. The van der Waals surface area contributed by atoms with E-state index < -0.39 is 4.92 Å². The van der Waals surface area contributed by atoms with E-state index >= 15 is 0 Å². The van der Waals surface area contributed by atoms with Crippen LogP contribution < -0.4 is 5.32 Å². The van der Waals surface area contributed by atoms with Crippen molar-refractivity contribution in [2.24, 2.45) is 5.92 Å². The van der Waals surface area contributed by atoms with Gasteiger partial charge in [0.25, 0.3) is 5.69 Å². The van der Waals surface area contributed by atoms with E-state index in [2.05, 4.69) is 34.5 Å². The fraction of sp³-hybridized carbons (Fsp3) is 0.381. The number of hydrogen-bond donors (Lipinski definition) is 1. The van der Waals surface area contributed by atoms with Gasteiger partial charge in [-0.2, -0.15) is 0 Å². The van der Waals surface area contributed by atoms with Crippen LogP contribution in [0, 0.1) is 16.0 Å². The highest BCUT2D eigenvalue weighted by Gasteiger charge is 2.20. The Labute approximate surface area is 159 Å². The van der Waals surface area contributed by atoms with Crippen LogP contribution in [0.2, 0.25) is 0 Å². The van der Waals surface area contributed by atoms with E-state index in [0.717, 1.165) is 32.4 Å². The van der Waals surface area contributed by atoms with Crippen LogP contribution in [0.25, 0.3) is 0 Å². The highest BCUT2D eigenvalue weighted by atomic mass is 16.6. The Bertz CT molecular complexity index is 771. The maximum absolute atomic E-state index is 12.2. The van der Waals surface area contributed by atoms with Crippen LogP contribution in [0.15, 0.2) is 54.6 Å². The molecule has 1 heterocycles. The van der Waals surface area contributed by atoms with Crippen LogP contribution in [-0.4, -0.2) is 35.4 Å². The first kappa shape index (κ1) is 19.0. The molecular formula is C21H25N3O3. The number of carbonyl (C=O) groups excluding carboxylic acids is 1. The zero-order chi connectivity index (χ0) is 19.1. The van der Waals surface area contributed by atoms with Crippen molar-refractivity contribution >= 4 is 17.3 Å². The molecule has 0 bridgehead atoms. The fourth-order valence-electron chi connectivity index (χ4n) is 3.57. The number of anilines is 1. The third-order valence-electron chi connectivity index (χ3n) is 5.10. The van der Waals surface area contributed by atoms with Gasteiger partial charge >= 0.3 is 0 Å². The minimum atomic E-state index is -0.479. The minimum absolute atomic E-state index is 0.0763. The molecule has 0 aromatic heterocycles. The van der Waals surface area contributed by atoms with Gasteiger partial charge in [-0.25, -0.2) is 0 Å². The highest BCUT2D eigenvalue weighted by molar-refractivity contribution is 5.93. The molecule has 2 aromatic carbocycles. The lowest BCUT2D eigenvalue weighted by Gasteiger charge is -2.31. The topological polar surface area (TPSA) is 75.5 Å². The number of hydrogen-bond acceptors (Lipinski definition) is 4. The zero-order valence-electron chi connectivity index (χ0n) is 15.3. The number of nitro groups is 1. The summed E-state index contributed by atoms with van der Waals surface area (Å²) in [6.07, 6.45) is 3.74. The number of nitrogens with one attached hydrogen (secondary N) is 1. The van der Waals surface area contributed by atoms with Gasteiger partial charge in [-0.3, -0.25) is 14.9 Å². The molecule has 0 atom stereocenters. The van der Waals surface area contributed by atoms with Crippen LogP contribution in [-0.2, 0) is 11.2 Å². The molecule has 1 saturated heterocycles. The Balaban J connectivity index is 1.41. The average molecular weight is 367 g/mol. The number of piperidine rings is 1. The number of rotatable bonds is 7. The fourth-order valence-corrected chi connectivity index (χ4v) is 3.57. The monoisotopic (exact) mass is 367 g/mol. The molecule has 142 valence electrons. The van der Waals surface area contributed by atoms with Crippen LogP contribution in [0.1, 0.15) is 24.8 Å². The van der Waals surface area contributed by atoms with Crippen molar-refractivity contribution in [1.82, 2.24) is 4.90 Å². The summed E-state index contributed by atoms with van der Waals surface area (Å²) in [6, 6.07) is 16.8. The summed E-state index contributed by atoms with van der Waals surface area (Å²) >= 11 is 0. The van der Waals surface area contributed by atoms with Crippen molar-refractivity contribution < 1.29 is 9.72 Å². The lowest BCUT2D eigenvalue weighted by atomic mass is 9.90. The first-order chi connectivity index (χ1) is 13.1. The molecule has 1 N–H and O–H groups in total. The van der Waals surface area contributed by atoms with Gasteiger partial charge in [0.2, 0.25) is 5.91 Å². The van der Waals surface area contributed by atoms with Crippen molar-refractivity contribution in [1.29, 1.82) is 0 Å². The van der Waals surface area contributed by atoms with Crippen molar-refractivity contribution in [2.75, 3.05) is 25.0 Å². The molecule has 0 spiro atoms. The van der Waals surface area contributed by atoms with Crippen LogP contribution in [0.5, 0.6) is 0 Å². The van der Waals surface area contributed by atoms with E-state index in [9.17, 15) is 14.9 Å². The molecule has 1 fully saturated rings. The van der Waals surface area contributed by atoms with Crippen molar-refractivity contribution in [2.45, 2.75) is 25.7 Å². The van der Waals surface area contributed by atoms with Gasteiger partial charge in [-0.1, -0.05) is 42.5 Å².